The van der Waals surface area contributed by atoms with Gasteiger partial charge in [-0.25, -0.2) is 0 Å². The molecule has 2 aromatic heterocycles. The maximum absolute atomic E-state index is 4.51. The van der Waals surface area contributed by atoms with Gasteiger partial charge in [-0.2, -0.15) is 0 Å². The number of rotatable bonds is 5. The normalized spacial score (nSPS) is 12.4. The van der Waals surface area contributed by atoms with Crippen LogP contribution >= 0.6 is 0 Å². The van der Waals surface area contributed by atoms with E-state index in [9.17, 15) is 0 Å². The molecule has 0 bridgehead atoms. The van der Waals surface area contributed by atoms with E-state index < -0.39 is 0 Å². The molecule has 2 heterocycles. The van der Waals surface area contributed by atoms with Gasteiger partial charge in [-0.1, -0.05) is 19.1 Å². The minimum atomic E-state index is 0.220. The van der Waals surface area contributed by atoms with Gasteiger partial charge in [-0.15, -0.1) is 0 Å². The second-order valence-electron chi connectivity index (χ2n) is 4.94. The summed E-state index contributed by atoms with van der Waals surface area (Å²) in [7, 11) is 0. The van der Waals surface area contributed by atoms with Crippen LogP contribution in [0.15, 0.2) is 55.1 Å². The van der Waals surface area contributed by atoms with E-state index in [1.807, 2.05) is 24.5 Å². The van der Waals surface area contributed by atoms with Gasteiger partial charge in [-0.3, -0.25) is 15.0 Å². The van der Waals surface area contributed by atoms with Crippen LogP contribution in [0.4, 0.5) is 0 Å². The van der Waals surface area contributed by atoms with Crippen molar-refractivity contribution in [2.24, 2.45) is 0 Å². The lowest BCUT2D eigenvalue weighted by Crippen LogP contribution is -2.23. The third-order valence-electron chi connectivity index (χ3n) is 3.54. The fraction of sp³-hybridized carbons (Fsp3) is 0.235. The third kappa shape index (κ3) is 3.06. The van der Waals surface area contributed by atoms with Gasteiger partial charge >= 0.3 is 0 Å². The molecule has 1 N–H and O–H groups in total. The molecule has 21 heavy (non-hydrogen) atoms. The molecule has 1 aromatic carbocycles. The summed E-state index contributed by atoms with van der Waals surface area (Å²) >= 11 is 0. The third-order valence-corrected chi connectivity index (χ3v) is 3.54. The van der Waals surface area contributed by atoms with E-state index in [1.54, 1.807) is 12.4 Å². The average molecular weight is 278 g/mol. The maximum Gasteiger partial charge on any atom is 0.0934 e. The minimum Gasteiger partial charge on any atom is -0.310 e. The number of nitrogens with zero attached hydrogens (tertiary/aromatic N) is 3. The first-order valence-corrected chi connectivity index (χ1v) is 7.20. The van der Waals surface area contributed by atoms with E-state index >= 15 is 0 Å². The summed E-state index contributed by atoms with van der Waals surface area (Å²) in [6, 6.07) is 10.5. The Labute approximate surface area is 124 Å². The molecule has 0 amide bonds. The molecule has 106 valence electrons. The van der Waals surface area contributed by atoms with Crippen molar-refractivity contribution in [1.82, 2.24) is 20.3 Å². The van der Waals surface area contributed by atoms with Crippen LogP contribution in [0.25, 0.3) is 11.0 Å². The summed E-state index contributed by atoms with van der Waals surface area (Å²) in [6.45, 7) is 3.03. The van der Waals surface area contributed by atoms with E-state index in [0.717, 1.165) is 24.0 Å². The first-order valence-electron chi connectivity index (χ1n) is 7.20. The fourth-order valence-corrected chi connectivity index (χ4v) is 2.59. The zero-order valence-corrected chi connectivity index (χ0v) is 12.0. The lowest BCUT2D eigenvalue weighted by atomic mass is 9.98. The van der Waals surface area contributed by atoms with Crippen LogP contribution in [-0.4, -0.2) is 21.5 Å². The summed E-state index contributed by atoms with van der Waals surface area (Å²) in [5.41, 5.74) is 4.36. The molecular formula is C17H18N4. The molecule has 1 unspecified atom stereocenters. The van der Waals surface area contributed by atoms with Crippen LogP contribution < -0.4 is 5.32 Å². The minimum absolute atomic E-state index is 0.220. The standard InChI is InChI=1S/C17H18N4/c1-2-19-16(12-13-6-8-18-9-7-13)14-4-3-5-15-17(14)21-11-10-20-15/h3-11,16,19H,2,12H2,1H3. The molecule has 4 nitrogen and oxygen atoms in total. The van der Waals surface area contributed by atoms with Crippen molar-refractivity contribution in [3.8, 4) is 0 Å². The second-order valence-corrected chi connectivity index (χ2v) is 4.94. The molecule has 3 aromatic rings. The summed E-state index contributed by atoms with van der Waals surface area (Å²) in [5, 5.41) is 3.55. The van der Waals surface area contributed by atoms with Crippen LogP contribution in [-0.2, 0) is 6.42 Å². The number of hydrogen-bond donors (Lipinski definition) is 1. The molecule has 0 aliphatic rings. The number of pyridine rings is 1. The van der Waals surface area contributed by atoms with Crippen molar-refractivity contribution in [2.75, 3.05) is 6.54 Å². The Balaban J connectivity index is 1.99. The zero-order valence-electron chi connectivity index (χ0n) is 12.0. The Morgan fingerprint density at radius 3 is 2.62 bits per heavy atom. The van der Waals surface area contributed by atoms with Gasteiger partial charge < -0.3 is 5.32 Å². The number of hydrogen-bond acceptors (Lipinski definition) is 4. The fourth-order valence-electron chi connectivity index (χ4n) is 2.59. The number of fused-ring (bicyclic) bond motifs is 1. The highest BCUT2D eigenvalue weighted by Gasteiger charge is 2.15. The number of aromatic nitrogens is 3. The van der Waals surface area contributed by atoms with Crippen LogP contribution in [0.3, 0.4) is 0 Å². The quantitative estimate of drug-likeness (QED) is 0.779. The van der Waals surface area contributed by atoms with Gasteiger partial charge in [0.15, 0.2) is 0 Å². The first-order chi connectivity index (χ1) is 10.4. The van der Waals surface area contributed by atoms with Gasteiger partial charge in [0.1, 0.15) is 0 Å². The predicted octanol–water partition coefficient (Wildman–Crippen LogP) is 2.92. The largest absolute Gasteiger partial charge is 0.310 e. The Hall–Kier alpha value is -2.33. The molecule has 0 saturated carbocycles. The Kier molecular flexibility index (Phi) is 4.17. The Morgan fingerprint density at radius 1 is 1.00 bits per heavy atom. The highest BCUT2D eigenvalue weighted by molar-refractivity contribution is 5.78. The smallest absolute Gasteiger partial charge is 0.0934 e. The molecule has 4 heteroatoms. The highest BCUT2D eigenvalue weighted by Crippen LogP contribution is 2.24. The van der Waals surface area contributed by atoms with E-state index in [1.165, 1.54) is 11.1 Å². The lowest BCUT2D eigenvalue weighted by Gasteiger charge is -2.19. The van der Waals surface area contributed by atoms with Gasteiger partial charge in [0.2, 0.25) is 0 Å². The van der Waals surface area contributed by atoms with Gasteiger partial charge in [0.25, 0.3) is 0 Å². The molecule has 0 radical (unpaired) electrons. The van der Waals surface area contributed by atoms with Gasteiger partial charge in [0.05, 0.1) is 11.0 Å². The average Bonchev–Trinajstić information content (AvgIpc) is 2.55. The van der Waals surface area contributed by atoms with E-state index in [-0.39, 0.29) is 6.04 Å². The number of benzene rings is 1. The highest BCUT2D eigenvalue weighted by atomic mass is 14.9. The van der Waals surface area contributed by atoms with Crippen LogP contribution in [0, 0.1) is 0 Å². The SMILES string of the molecule is CCNC(Cc1ccncc1)c1cccc2nccnc12. The molecule has 3 rings (SSSR count). The zero-order chi connectivity index (χ0) is 14.5. The maximum atomic E-state index is 4.51. The predicted molar refractivity (Wildman–Crippen MR) is 83.9 cm³/mol. The number of para-hydroxylation sites is 1. The Morgan fingerprint density at radius 2 is 1.81 bits per heavy atom. The van der Waals surface area contributed by atoms with Crippen LogP contribution in [0.2, 0.25) is 0 Å². The summed E-state index contributed by atoms with van der Waals surface area (Å²) in [5.74, 6) is 0. The molecule has 0 aliphatic carbocycles. The summed E-state index contributed by atoms with van der Waals surface area (Å²) < 4.78 is 0. The first kappa shape index (κ1) is 13.6. The van der Waals surface area contributed by atoms with Crippen molar-refractivity contribution < 1.29 is 0 Å². The lowest BCUT2D eigenvalue weighted by molar-refractivity contribution is 0.552. The van der Waals surface area contributed by atoms with Crippen molar-refractivity contribution in [1.29, 1.82) is 0 Å². The molecule has 1 atom stereocenters. The van der Waals surface area contributed by atoms with Crippen molar-refractivity contribution in [2.45, 2.75) is 19.4 Å². The summed E-state index contributed by atoms with van der Waals surface area (Å²) in [4.78, 5) is 13.0. The number of likely N-dealkylation sites (N-methyl/N-ethyl adjacent to an activating group) is 1. The monoisotopic (exact) mass is 278 g/mol. The van der Waals surface area contributed by atoms with Crippen molar-refractivity contribution in [3.05, 3.63) is 66.2 Å². The number of nitrogens with one attached hydrogen (secondary N) is 1. The van der Waals surface area contributed by atoms with Crippen LogP contribution in [0.1, 0.15) is 24.1 Å². The molecular weight excluding hydrogens is 260 g/mol. The molecule has 0 spiro atoms. The Bertz CT molecular complexity index is 707. The van der Waals surface area contributed by atoms with Crippen molar-refractivity contribution in [3.63, 3.8) is 0 Å². The topological polar surface area (TPSA) is 50.7 Å². The molecule has 0 saturated heterocycles. The van der Waals surface area contributed by atoms with E-state index in [0.29, 0.717) is 0 Å². The van der Waals surface area contributed by atoms with Crippen LogP contribution in [0.5, 0.6) is 0 Å². The second kappa shape index (κ2) is 6.41. The van der Waals surface area contributed by atoms with Crippen molar-refractivity contribution >= 4 is 11.0 Å². The van der Waals surface area contributed by atoms with Gasteiger partial charge in [-0.05, 0) is 42.3 Å². The molecule has 0 fully saturated rings. The van der Waals surface area contributed by atoms with Gasteiger partial charge in [0, 0.05) is 30.8 Å². The van der Waals surface area contributed by atoms with E-state index in [2.05, 4.69) is 45.4 Å². The van der Waals surface area contributed by atoms with E-state index in [4.69, 9.17) is 0 Å². The summed E-state index contributed by atoms with van der Waals surface area (Å²) in [6.07, 6.45) is 8.06. The molecule has 0 aliphatic heterocycles.